The smallest absolute Gasteiger partial charge is 0.324 e. The molecule has 5 heteroatoms. The second-order valence-electron chi connectivity index (χ2n) is 4.07. The molecule has 1 unspecified atom stereocenters. The second kappa shape index (κ2) is 6.92. The summed E-state index contributed by atoms with van der Waals surface area (Å²) in [6.45, 7) is 3.19. The summed E-state index contributed by atoms with van der Waals surface area (Å²) in [5, 5.41) is 3.10. The Morgan fingerprint density at radius 3 is 2.47 bits per heavy atom. The van der Waals surface area contributed by atoms with Crippen molar-refractivity contribution in [1.82, 2.24) is 5.32 Å². The van der Waals surface area contributed by atoms with Crippen molar-refractivity contribution < 1.29 is 14.4 Å². The lowest BCUT2D eigenvalue weighted by Gasteiger charge is -2.19. The number of hydrogen-bond donors (Lipinski definition) is 3. The first-order chi connectivity index (χ1) is 8.05. The summed E-state index contributed by atoms with van der Waals surface area (Å²) >= 11 is 0. The predicted molar refractivity (Wildman–Crippen MR) is 69.0 cm³/mol. The highest BCUT2D eigenvalue weighted by molar-refractivity contribution is 7.52. The zero-order valence-corrected chi connectivity index (χ0v) is 10.9. The van der Waals surface area contributed by atoms with E-state index < -0.39 is 13.3 Å². The molecule has 0 aliphatic rings. The average Bonchev–Trinajstić information content (AvgIpc) is 2.28. The van der Waals surface area contributed by atoms with Crippen LogP contribution in [-0.4, -0.2) is 22.9 Å². The van der Waals surface area contributed by atoms with Gasteiger partial charge in [-0.15, -0.1) is 0 Å². The molecule has 0 saturated carbocycles. The summed E-state index contributed by atoms with van der Waals surface area (Å²) in [6, 6.07) is 8.94. The molecule has 1 aromatic carbocycles. The van der Waals surface area contributed by atoms with Crippen molar-refractivity contribution in [1.29, 1.82) is 0 Å². The molecule has 0 bridgehead atoms. The summed E-state index contributed by atoms with van der Waals surface area (Å²) in [7, 11) is -4.11. The largest absolute Gasteiger partial charge is 0.334 e. The van der Waals surface area contributed by atoms with Gasteiger partial charge in [0.2, 0.25) is 0 Å². The first kappa shape index (κ1) is 14.4. The predicted octanol–water partition coefficient (Wildman–Crippen LogP) is 2.30. The molecule has 4 nitrogen and oxygen atoms in total. The van der Waals surface area contributed by atoms with Crippen LogP contribution in [0.15, 0.2) is 30.3 Å². The van der Waals surface area contributed by atoms with E-state index in [4.69, 9.17) is 0 Å². The van der Waals surface area contributed by atoms with Crippen LogP contribution >= 0.6 is 7.60 Å². The Labute approximate surface area is 102 Å². The van der Waals surface area contributed by atoms with Crippen LogP contribution in [0.25, 0.3) is 0 Å². The van der Waals surface area contributed by atoms with Crippen molar-refractivity contribution in [3.63, 3.8) is 0 Å². The van der Waals surface area contributed by atoms with Gasteiger partial charge in [0.1, 0.15) is 0 Å². The SMILES string of the molecule is CCCCNCC(c1ccccc1)P(=O)(O)O. The second-order valence-corrected chi connectivity index (χ2v) is 5.87. The van der Waals surface area contributed by atoms with Crippen LogP contribution in [-0.2, 0) is 4.57 Å². The van der Waals surface area contributed by atoms with Crippen LogP contribution in [0.4, 0.5) is 0 Å². The van der Waals surface area contributed by atoms with Crippen molar-refractivity contribution in [2.24, 2.45) is 0 Å². The number of benzene rings is 1. The normalized spacial score (nSPS) is 13.6. The highest BCUT2D eigenvalue weighted by Gasteiger charge is 2.29. The lowest BCUT2D eigenvalue weighted by Crippen LogP contribution is -2.22. The third-order valence-corrected chi connectivity index (χ3v) is 3.93. The number of unbranched alkanes of at least 4 members (excludes halogenated alkanes) is 1. The molecule has 0 amide bonds. The van der Waals surface area contributed by atoms with Gasteiger partial charge >= 0.3 is 7.60 Å². The third kappa shape index (κ3) is 5.00. The molecule has 1 atom stereocenters. The minimum absolute atomic E-state index is 0.314. The molecule has 0 heterocycles. The van der Waals surface area contributed by atoms with Crippen LogP contribution in [0.2, 0.25) is 0 Å². The van der Waals surface area contributed by atoms with Gasteiger partial charge in [-0.05, 0) is 18.5 Å². The fraction of sp³-hybridized carbons (Fsp3) is 0.500. The van der Waals surface area contributed by atoms with Gasteiger partial charge in [0.25, 0.3) is 0 Å². The number of hydrogen-bond acceptors (Lipinski definition) is 2. The van der Waals surface area contributed by atoms with E-state index >= 15 is 0 Å². The average molecular weight is 257 g/mol. The van der Waals surface area contributed by atoms with Crippen LogP contribution in [0, 0.1) is 0 Å². The first-order valence-corrected chi connectivity index (χ1v) is 7.54. The molecule has 1 rings (SSSR count). The minimum atomic E-state index is -4.11. The molecule has 0 saturated heterocycles. The van der Waals surface area contributed by atoms with Crippen LogP contribution < -0.4 is 5.32 Å². The van der Waals surface area contributed by atoms with E-state index in [0.717, 1.165) is 19.4 Å². The molecule has 1 aromatic rings. The van der Waals surface area contributed by atoms with Crippen molar-refractivity contribution in [3.05, 3.63) is 35.9 Å². The maximum absolute atomic E-state index is 11.5. The van der Waals surface area contributed by atoms with Crippen LogP contribution in [0.1, 0.15) is 31.0 Å². The van der Waals surface area contributed by atoms with Gasteiger partial charge < -0.3 is 15.1 Å². The minimum Gasteiger partial charge on any atom is -0.324 e. The van der Waals surface area contributed by atoms with Gasteiger partial charge in [-0.25, -0.2) is 0 Å². The van der Waals surface area contributed by atoms with E-state index in [0.29, 0.717) is 12.1 Å². The number of rotatable bonds is 7. The lowest BCUT2D eigenvalue weighted by atomic mass is 10.1. The molecular weight excluding hydrogens is 237 g/mol. The van der Waals surface area contributed by atoms with E-state index in [1.165, 1.54) is 0 Å². The summed E-state index contributed by atoms with van der Waals surface area (Å²) in [5.41, 5.74) is -0.0645. The lowest BCUT2D eigenvalue weighted by molar-refractivity contribution is 0.356. The Balaban J connectivity index is 2.66. The maximum atomic E-state index is 11.5. The Bertz CT molecular complexity index is 363. The topological polar surface area (TPSA) is 69.6 Å². The van der Waals surface area contributed by atoms with Gasteiger partial charge in [0.05, 0.1) is 5.66 Å². The van der Waals surface area contributed by atoms with Crippen molar-refractivity contribution in [2.45, 2.75) is 25.4 Å². The molecular formula is C12H20NO3P. The Hall–Kier alpha value is -0.670. The fourth-order valence-corrected chi connectivity index (χ4v) is 2.57. The Morgan fingerprint density at radius 1 is 1.29 bits per heavy atom. The van der Waals surface area contributed by atoms with E-state index in [1.807, 2.05) is 6.07 Å². The molecule has 3 N–H and O–H groups in total. The molecule has 0 spiro atoms. The Morgan fingerprint density at radius 2 is 1.94 bits per heavy atom. The fourth-order valence-electron chi connectivity index (χ4n) is 1.65. The standard InChI is InChI=1S/C12H20NO3P/c1-2-3-9-13-10-12(17(14,15)16)11-7-5-4-6-8-11/h4-8,12-13H,2-3,9-10H2,1H3,(H2,14,15,16). The summed E-state index contributed by atoms with van der Waals surface area (Å²) in [5.74, 6) is 0. The molecule has 0 aromatic heterocycles. The molecule has 0 aliphatic heterocycles. The summed E-state index contributed by atoms with van der Waals surface area (Å²) in [4.78, 5) is 18.7. The van der Waals surface area contributed by atoms with Gasteiger partial charge in [-0.3, -0.25) is 4.57 Å². The maximum Gasteiger partial charge on any atom is 0.334 e. The van der Waals surface area contributed by atoms with Gasteiger partial charge in [0, 0.05) is 6.54 Å². The zero-order chi connectivity index (χ0) is 12.7. The quantitative estimate of drug-likeness (QED) is 0.518. The van der Waals surface area contributed by atoms with Gasteiger partial charge in [0.15, 0.2) is 0 Å². The summed E-state index contributed by atoms with van der Waals surface area (Å²) in [6.07, 6.45) is 2.08. The van der Waals surface area contributed by atoms with E-state index in [2.05, 4.69) is 12.2 Å². The highest BCUT2D eigenvalue weighted by Crippen LogP contribution is 2.51. The number of nitrogens with one attached hydrogen (secondary N) is 1. The zero-order valence-electron chi connectivity index (χ0n) is 10.0. The molecule has 0 aliphatic carbocycles. The van der Waals surface area contributed by atoms with E-state index in [9.17, 15) is 14.4 Å². The molecule has 0 fully saturated rings. The van der Waals surface area contributed by atoms with E-state index in [1.54, 1.807) is 24.3 Å². The van der Waals surface area contributed by atoms with Crippen LogP contribution in [0.3, 0.4) is 0 Å². The van der Waals surface area contributed by atoms with Gasteiger partial charge in [-0.2, -0.15) is 0 Å². The van der Waals surface area contributed by atoms with Crippen molar-refractivity contribution >= 4 is 7.60 Å². The van der Waals surface area contributed by atoms with Crippen molar-refractivity contribution in [2.75, 3.05) is 13.1 Å². The van der Waals surface area contributed by atoms with Crippen molar-refractivity contribution in [3.8, 4) is 0 Å². The molecule has 17 heavy (non-hydrogen) atoms. The third-order valence-electron chi connectivity index (χ3n) is 2.64. The molecule has 96 valence electrons. The Kier molecular flexibility index (Phi) is 5.86. The first-order valence-electron chi connectivity index (χ1n) is 5.86. The van der Waals surface area contributed by atoms with Gasteiger partial charge in [-0.1, -0.05) is 43.7 Å². The monoisotopic (exact) mass is 257 g/mol. The molecule has 0 radical (unpaired) electrons. The van der Waals surface area contributed by atoms with Crippen LogP contribution in [0.5, 0.6) is 0 Å². The van der Waals surface area contributed by atoms with E-state index in [-0.39, 0.29) is 0 Å². The highest BCUT2D eigenvalue weighted by atomic mass is 31.2. The summed E-state index contributed by atoms with van der Waals surface area (Å²) < 4.78 is 11.5.